The summed E-state index contributed by atoms with van der Waals surface area (Å²) < 4.78 is 0. The van der Waals surface area contributed by atoms with E-state index in [4.69, 9.17) is 0 Å². The molecule has 2 heteroatoms. The van der Waals surface area contributed by atoms with Gasteiger partial charge in [-0.05, 0) is 61.1 Å². The lowest BCUT2D eigenvalue weighted by Gasteiger charge is -2.19. The minimum absolute atomic E-state index is 0.262. The molecule has 0 heterocycles. The van der Waals surface area contributed by atoms with Gasteiger partial charge in [-0.1, -0.05) is 32.9 Å². The maximum atomic E-state index is 3.57. The molecule has 0 unspecified atom stereocenters. The molecule has 1 fully saturated rings. The van der Waals surface area contributed by atoms with Crippen molar-refractivity contribution in [1.82, 2.24) is 5.32 Å². The van der Waals surface area contributed by atoms with Gasteiger partial charge in [0.2, 0.25) is 0 Å². The number of unbranched alkanes of at least 4 members (excludes halogenated alkanes) is 1. The van der Waals surface area contributed by atoms with Crippen LogP contribution in [0.5, 0.6) is 0 Å². The Labute approximate surface area is 122 Å². The van der Waals surface area contributed by atoms with Gasteiger partial charge in [-0.25, -0.2) is 0 Å². The summed E-state index contributed by atoms with van der Waals surface area (Å²) in [5.41, 5.74) is 1.68. The summed E-state index contributed by atoms with van der Waals surface area (Å²) in [6.07, 6.45) is 5.42. The van der Waals surface area contributed by atoms with Gasteiger partial charge >= 0.3 is 0 Å². The highest BCUT2D eigenvalue weighted by Crippen LogP contribution is 2.26. The molecule has 0 atom stereocenters. The minimum atomic E-state index is 0.262. The number of nitrogens with one attached hydrogen (secondary N) is 1. The van der Waals surface area contributed by atoms with Crippen molar-refractivity contribution in [1.29, 1.82) is 0 Å². The molecule has 1 aliphatic carbocycles. The van der Waals surface area contributed by atoms with Gasteiger partial charge in [-0.3, -0.25) is 0 Å². The molecule has 1 N–H and O–H groups in total. The average Bonchev–Trinajstić information content (AvgIpc) is 3.17. The second kappa shape index (κ2) is 6.81. The third-order valence-electron chi connectivity index (χ3n) is 3.57. The minimum Gasteiger partial charge on any atom is -0.314 e. The highest BCUT2D eigenvalue weighted by molar-refractivity contribution is 7.99. The normalized spacial score (nSPS) is 15.7. The molecule has 1 saturated carbocycles. The highest BCUT2D eigenvalue weighted by atomic mass is 32.2. The Kier molecular flexibility index (Phi) is 5.35. The Morgan fingerprint density at radius 1 is 1.11 bits per heavy atom. The predicted molar refractivity (Wildman–Crippen MR) is 86.1 cm³/mol. The van der Waals surface area contributed by atoms with Crippen molar-refractivity contribution in [3.63, 3.8) is 0 Å². The maximum absolute atomic E-state index is 3.57. The van der Waals surface area contributed by atoms with Gasteiger partial charge in [0.15, 0.2) is 0 Å². The van der Waals surface area contributed by atoms with E-state index in [0.717, 1.165) is 6.04 Å². The van der Waals surface area contributed by atoms with Crippen molar-refractivity contribution in [2.45, 2.75) is 62.8 Å². The van der Waals surface area contributed by atoms with Gasteiger partial charge in [0, 0.05) is 10.9 Å². The first kappa shape index (κ1) is 14.9. The van der Waals surface area contributed by atoms with Crippen molar-refractivity contribution in [3.8, 4) is 0 Å². The molecule has 0 bridgehead atoms. The largest absolute Gasteiger partial charge is 0.314 e. The third kappa shape index (κ3) is 5.58. The van der Waals surface area contributed by atoms with E-state index >= 15 is 0 Å². The Morgan fingerprint density at radius 3 is 2.37 bits per heavy atom. The second-order valence-corrected chi connectivity index (χ2v) is 7.73. The Bertz CT molecular complexity index is 373. The van der Waals surface area contributed by atoms with E-state index in [0.29, 0.717) is 0 Å². The first-order chi connectivity index (χ1) is 9.05. The molecule has 0 aromatic heterocycles. The molecule has 0 aliphatic heterocycles. The monoisotopic (exact) mass is 277 g/mol. The summed E-state index contributed by atoms with van der Waals surface area (Å²) in [6, 6.07) is 9.95. The van der Waals surface area contributed by atoms with Crippen molar-refractivity contribution in [3.05, 3.63) is 29.8 Å². The number of hydrogen-bond acceptors (Lipinski definition) is 2. The molecule has 19 heavy (non-hydrogen) atoms. The molecule has 1 nitrogen and oxygen atoms in total. The van der Waals surface area contributed by atoms with E-state index in [-0.39, 0.29) is 5.41 Å². The second-order valence-electron chi connectivity index (χ2n) is 6.56. The van der Waals surface area contributed by atoms with Crippen LogP contribution in [0, 0.1) is 0 Å². The molecule has 1 aliphatic rings. The van der Waals surface area contributed by atoms with Crippen LogP contribution in [-0.4, -0.2) is 18.3 Å². The van der Waals surface area contributed by atoms with E-state index in [9.17, 15) is 0 Å². The molecule has 1 aromatic carbocycles. The van der Waals surface area contributed by atoms with Gasteiger partial charge in [-0.15, -0.1) is 11.8 Å². The smallest absolute Gasteiger partial charge is 0.00721 e. The van der Waals surface area contributed by atoms with E-state index < -0.39 is 0 Å². The first-order valence-electron chi connectivity index (χ1n) is 7.52. The fourth-order valence-electron chi connectivity index (χ4n) is 2.06. The van der Waals surface area contributed by atoms with Crippen LogP contribution in [0.1, 0.15) is 52.0 Å². The lowest BCUT2D eigenvalue weighted by molar-refractivity contribution is 0.590. The van der Waals surface area contributed by atoms with Crippen LogP contribution in [-0.2, 0) is 5.41 Å². The first-order valence-corrected chi connectivity index (χ1v) is 8.51. The van der Waals surface area contributed by atoms with Gasteiger partial charge < -0.3 is 5.32 Å². The topological polar surface area (TPSA) is 12.0 Å². The summed E-state index contributed by atoms with van der Waals surface area (Å²) in [5.74, 6) is 1.24. The van der Waals surface area contributed by atoms with Crippen molar-refractivity contribution in [2.75, 3.05) is 12.3 Å². The number of thioether (sulfide) groups is 1. The molecular weight excluding hydrogens is 250 g/mol. The SMILES string of the molecule is CC(C)(C)c1ccc(SCCCCNC2CC2)cc1. The van der Waals surface area contributed by atoms with Crippen LogP contribution in [0.2, 0.25) is 0 Å². The van der Waals surface area contributed by atoms with Crippen LogP contribution >= 0.6 is 11.8 Å². The zero-order chi connectivity index (χ0) is 13.7. The van der Waals surface area contributed by atoms with Crippen LogP contribution in [0.4, 0.5) is 0 Å². The highest BCUT2D eigenvalue weighted by Gasteiger charge is 2.19. The number of hydrogen-bond donors (Lipinski definition) is 1. The fourth-order valence-corrected chi connectivity index (χ4v) is 2.97. The van der Waals surface area contributed by atoms with Crippen LogP contribution in [0.15, 0.2) is 29.2 Å². The zero-order valence-electron chi connectivity index (χ0n) is 12.5. The predicted octanol–water partition coefficient (Wildman–Crippen LogP) is 4.61. The maximum Gasteiger partial charge on any atom is 0.00721 e. The number of rotatable bonds is 7. The number of benzene rings is 1. The van der Waals surface area contributed by atoms with E-state index in [1.165, 1.54) is 48.4 Å². The fraction of sp³-hybridized carbons (Fsp3) is 0.647. The van der Waals surface area contributed by atoms with Crippen molar-refractivity contribution >= 4 is 11.8 Å². The Morgan fingerprint density at radius 2 is 1.79 bits per heavy atom. The Hall–Kier alpha value is -0.470. The van der Waals surface area contributed by atoms with Crippen LogP contribution in [0.3, 0.4) is 0 Å². The Balaban J connectivity index is 1.62. The molecule has 2 rings (SSSR count). The third-order valence-corrected chi connectivity index (χ3v) is 4.67. The summed E-state index contributed by atoms with van der Waals surface area (Å²) >= 11 is 1.99. The van der Waals surface area contributed by atoms with Crippen LogP contribution < -0.4 is 5.32 Å². The average molecular weight is 277 g/mol. The van der Waals surface area contributed by atoms with Gasteiger partial charge in [0.1, 0.15) is 0 Å². The molecule has 0 amide bonds. The van der Waals surface area contributed by atoms with Crippen molar-refractivity contribution in [2.24, 2.45) is 0 Å². The summed E-state index contributed by atoms with van der Waals surface area (Å²) in [7, 11) is 0. The van der Waals surface area contributed by atoms with Gasteiger partial charge in [0.25, 0.3) is 0 Å². The quantitative estimate of drug-likeness (QED) is 0.577. The molecular formula is C17H27NS. The lowest BCUT2D eigenvalue weighted by atomic mass is 9.87. The molecule has 0 radical (unpaired) electrons. The summed E-state index contributed by atoms with van der Waals surface area (Å²) in [6.45, 7) is 8.00. The molecule has 0 saturated heterocycles. The van der Waals surface area contributed by atoms with E-state index in [1.54, 1.807) is 0 Å². The summed E-state index contributed by atoms with van der Waals surface area (Å²) in [4.78, 5) is 1.41. The van der Waals surface area contributed by atoms with E-state index in [2.05, 4.69) is 50.4 Å². The lowest BCUT2D eigenvalue weighted by Crippen LogP contribution is -2.17. The molecule has 106 valence electrons. The zero-order valence-corrected chi connectivity index (χ0v) is 13.4. The molecule has 1 aromatic rings. The van der Waals surface area contributed by atoms with Crippen molar-refractivity contribution < 1.29 is 0 Å². The summed E-state index contributed by atoms with van der Waals surface area (Å²) in [5, 5.41) is 3.57. The van der Waals surface area contributed by atoms with Crippen LogP contribution in [0.25, 0.3) is 0 Å². The van der Waals surface area contributed by atoms with Gasteiger partial charge in [0.05, 0.1) is 0 Å². The standard InChI is InChI=1S/C17H27NS/c1-17(2,3)14-6-10-16(11-7-14)19-13-5-4-12-18-15-8-9-15/h6-7,10-11,15,18H,4-5,8-9,12-13H2,1-3H3. The molecule has 0 spiro atoms. The van der Waals surface area contributed by atoms with E-state index in [1.807, 2.05) is 11.8 Å². The van der Waals surface area contributed by atoms with Gasteiger partial charge in [-0.2, -0.15) is 0 Å².